The van der Waals surface area contributed by atoms with Gasteiger partial charge in [-0.3, -0.25) is 4.79 Å². The Morgan fingerprint density at radius 3 is 2.96 bits per heavy atom. The Morgan fingerprint density at radius 2 is 2.25 bits per heavy atom. The molecule has 0 fully saturated rings. The fraction of sp³-hybridized carbons (Fsp3) is 0.556. The summed E-state index contributed by atoms with van der Waals surface area (Å²) in [5, 5.41) is 8.25. The number of pyridine rings is 1. The zero-order valence-electron chi connectivity index (χ0n) is 14.8. The van der Waals surface area contributed by atoms with Gasteiger partial charge >= 0.3 is 0 Å². The molecule has 0 spiro atoms. The largest absolute Gasteiger partial charge is 0.481 e. The molecule has 2 N–H and O–H groups in total. The van der Waals surface area contributed by atoms with Crippen LogP contribution in [0.4, 0.5) is 0 Å². The standard InChI is InChI=1S/C18H26N4O2/c1-11(2)17-13(18(24-4)22(3)21-17)10-19-14-6-5-7-15-12(14)8-9-16(23)20-15/h8-9,11,14,19H,5-7,10H2,1-4H3,(H,20,23)/t14-/m0/s1. The predicted molar refractivity (Wildman–Crippen MR) is 93.4 cm³/mol. The lowest BCUT2D eigenvalue weighted by atomic mass is 9.91. The van der Waals surface area contributed by atoms with Crippen LogP contribution >= 0.6 is 0 Å². The summed E-state index contributed by atoms with van der Waals surface area (Å²) < 4.78 is 7.35. The van der Waals surface area contributed by atoms with Crippen molar-refractivity contribution in [2.24, 2.45) is 7.05 Å². The molecule has 0 aromatic carbocycles. The van der Waals surface area contributed by atoms with Crippen LogP contribution in [-0.4, -0.2) is 21.9 Å². The summed E-state index contributed by atoms with van der Waals surface area (Å²) in [6, 6.07) is 3.81. The molecule has 0 amide bonds. The molecule has 24 heavy (non-hydrogen) atoms. The van der Waals surface area contributed by atoms with E-state index in [1.54, 1.807) is 17.9 Å². The maximum absolute atomic E-state index is 11.5. The summed E-state index contributed by atoms with van der Waals surface area (Å²) in [6.07, 6.45) is 3.08. The molecular formula is C18H26N4O2. The first-order valence-corrected chi connectivity index (χ1v) is 8.56. The number of hydrogen-bond donors (Lipinski definition) is 2. The van der Waals surface area contributed by atoms with Crippen molar-refractivity contribution < 1.29 is 4.74 Å². The summed E-state index contributed by atoms with van der Waals surface area (Å²) >= 11 is 0. The number of nitrogens with one attached hydrogen (secondary N) is 2. The summed E-state index contributed by atoms with van der Waals surface area (Å²) in [6.45, 7) is 4.99. The highest BCUT2D eigenvalue weighted by Gasteiger charge is 2.23. The minimum atomic E-state index is -0.0228. The number of H-pyrrole nitrogens is 1. The Labute approximate surface area is 142 Å². The normalized spacial score (nSPS) is 17.1. The summed E-state index contributed by atoms with van der Waals surface area (Å²) in [5.74, 6) is 1.15. The van der Waals surface area contributed by atoms with Crippen molar-refractivity contribution in [2.75, 3.05) is 7.11 Å². The van der Waals surface area contributed by atoms with E-state index in [1.807, 2.05) is 13.1 Å². The zero-order chi connectivity index (χ0) is 17.3. The highest BCUT2D eigenvalue weighted by molar-refractivity contribution is 5.34. The van der Waals surface area contributed by atoms with Gasteiger partial charge in [-0.15, -0.1) is 0 Å². The Bertz CT molecular complexity index is 776. The maximum Gasteiger partial charge on any atom is 0.248 e. The van der Waals surface area contributed by atoms with Crippen LogP contribution in [0.25, 0.3) is 0 Å². The van der Waals surface area contributed by atoms with E-state index in [1.165, 1.54) is 5.56 Å². The van der Waals surface area contributed by atoms with Gasteiger partial charge in [0, 0.05) is 31.4 Å². The Balaban J connectivity index is 1.84. The van der Waals surface area contributed by atoms with E-state index in [2.05, 4.69) is 29.2 Å². The molecule has 0 radical (unpaired) electrons. The Hall–Kier alpha value is -2.08. The van der Waals surface area contributed by atoms with Crippen LogP contribution in [0.15, 0.2) is 16.9 Å². The van der Waals surface area contributed by atoms with Gasteiger partial charge in [-0.05, 0) is 30.7 Å². The third kappa shape index (κ3) is 3.11. The van der Waals surface area contributed by atoms with Gasteiger partial charge in [0.15, 0.2) is 0 Å². The van der Waals surface area contributed by atoms with Gasteiger partial charge in [-0.2, -0.15) is 5.10 Å². The van der Waals surface area contributed by atoms with Crippen LogP contribution in [0.3, 0.4) is 0 Å². The zero-order valence-corrected chi connectivity index (χ0v) is 14.8. The van der Waals surface area contributed by atoms with E-state index in [9.17, 15) is 4.79 Å². The summed E-state index contributed by atoms with van der Waals surface area (Å²) in [5.41, 5.74) is 4.43. The van der Waals surface area contributed by atoms with Gasteiger partial charge in [0.2, 0.25) is 11.4 Å². The lowest BCUT2D eigenvalue weighted by Gasteiger charge is -2.26. The SMILES string of the molecule is COc1c(CN[C@H]2CCCc3[nH]c(=O)ccc32)c(C(C)C)nn1C. The third-order valence-corrected chi connectivity index (χ3v) is 4.72. The minimum Gasteiger partial charge on any atom is -0.481 e. The molecule has 0 unspecified atom stereocenters. The summed E-state index contributed by atoms with van der Waals surface area (Å²) in [4.78, 5) is 14.5. The molecule has 6 heteroatoms. The molecule has 1 aliphatic carbocycles. The van der Waals surface area contributed by atoms with Crippen molar-refractivity contribution >= 4 is 0 Å². The number of aromatic amines is 1. The minimum absolute atomic E-state index is 0.0228. The van der Waals surface area contributed by atoms with E-state index < -0.39 is 0 Å². The van der Waals surface area contributed by atoms with Gasteiger partial charge < -0.3 is 15.0 Å². The van der Waals surface area contributed by atoms with Crippen LogP contribution in [0.5, 0.6) is 5.88 Å². The molecule has 2 heterocycles. The number of aryl methyl sites for hydroxylation is 2. The van der Waals surface area contributed by atoms with Crippen molar-refractivity contribution in [1.29, 1.82) is 0 Å². The van der Waals surface area contributed by atoms with Crippen molar-refractivity contribution in [2.45, 2.75) is 51.6 Å². The Morgan fingerprint density at radius 1 is 1.46 bits per heavy atom. The number of fused-ring (bicyclic) bond motifs is 1. The number of aromatic nitrogens is 3. The second kappa shape index (κ2) is 6.81. The average Bonchev–Trinajstić information content (AvgIpc) is 2.88. The Kier molecular flexibility index (Phi) is 4.76. The first kappa shape index (κ1) is 16.8. The van der Waals surface area contributed by atoms with E-state index in [0.29, 0.717) is 12.5 Å². The molecule has 0 saturated carbocycles. The van der Waals surface area contributed by atoms with E-state index >= 15 is 0 Å². The number of ether oxygens (including phenoxy) is 1. The molecule has 0 saturated heterocycles. The smallest absolute Gasteiger partial charge is 0.248 e. The number of hydrogen-bond acceptors (Lipinski definition) is 4. The van der Waals surface area contributed by atoms with Crippen LogP contribution in [0.1, 0.15) is 61.2 Å². The van der Waals surface area contributed by atoms with Gasteiger partial charge in [-0.1, -0.05) is 19.9 Å². The quantitative estimate of drug-likeness (QED) is 0.883. The highest BCUT2D eigenvalue weighted by atomic mass is 16.5. The molecule has 0 bridgehead atoms. The first-order chi connectivity index (χ1) is 11.5. The van der Waals surface area contributed by atoms with Crippen molar-refractivity contribution in [3.05, 3.63) is 45.0 Å². The monoisotopic (exact) mass is 330 g/mol. The summed E-state index contributed by atoms with van der Waals surface area (Å²) in [7, 11) is 3.60. The highest BCUT2D eigenvalue weighted by Crippen LogP contribution is 2.31. The van der Waals surface area contributed by atoms with Gasteiger partial charge in [0.05, 0.1) is 18.4 Å². The second-order valence-corrected chi connectivity index (χ2v) is 6.73. The molecular weight excluding hydrogens is 304 g/mol. The molecule has 2 aromatic rings. The fourth-order valence-corrected chi connectivity index (χ4v) is 3.60. The molecule has 3 rings (SSSR count). The second-order valence-electron chi connectivity index (χ2n) is 6.73. The molecule has 1 aliphatic rings. The van der Waals surface area contributed by atoms with E-state index in [0.717, 1.165) is 42.1 Å². The average molecular weight is 330 g/mol. The number of methoxy groups -OCH3 is 1. The van der Waals surface area contributed by atoms with Gasteiger partial charge in [-0.25, -0.2) is 4.68 Å². The van der Waals surface area contributed by atoms with E-state index in [4.69, 9.17) is 4.74 Å². The number of rotatable bonds is 5. The van der Waals surface area contributed by atoms with Crippen molar-refractivity contribution in [3.63, 3.8) is 0 Å². The molecule has 0 aliphatic heterocycles. The fourth-order valence-electron chi connectivity index (χ4n) is 3.60. The van der Waals surface area contributed by atoms with Crippen LogP contribution in [0, 0.1) is 0 Å². The third-order valence-electron chi connectivity index (χ3n) is 4.72. The molecule has 1 atom stereocenters. The topological polar surface area (TPSA) is 71.9 Å². The van der Waals surface area contributed by atoms with Crippen LogP contribution in [-0.2, 0) is 20.0 Å². The van der Waals surface area contributed by atoms with E-state index in [-0.39, 0.29) is 11.6 Å². The lowest BCUT2D eigenvalue weighted by Crippen LogP contribution is -2.27. The predicted octanol–water partition coefficient (Wildman–Crippen LogP) is 2.41. The van der Waals surface area contributed by atoms with Crippen molar-refractivity contribution in [1.82, 2.24) is 20.1 Å². The molecule has 6 nitrogen and oxygen atoms in total. The van der Waals surface area contributed by atoms with Crippen molar-refractivity contribution in [3.8, 4) is 5.88 Å². The van der Waals surface area contributed by atoms with Gasteiger partial charge in [0.1, 0.15) is 0 Å². The molecule has 130 valence electrons. The van der Waals surface area contributed by atoms with Crippen LogP contribution in [0.2, 0.25) is 0 Å². The maximum atomic E-state index is 11.5. The van der Waals surface area contributed by atoms with Gasteiger partial charge in [0.25, 0.3) is 0 Å². The van der Waals surface area contributed by atoms with Crippen LogP contribution < -0.4 is 15.6 Å². The number of nitrogens with zero attached hydrogens (tertiary/aromatic N) is 2. The first-order valence-electron chi connectivity index (χ1n) is 8.56. The molecule has 2 aromatic heterocycles. The lowest BCUT2D eigenvalue weighted by molar-refractivity contribution is 0.365.